The van der Waals surface area contributed by atoms with Crippen molar-refractivity contribution in [1.29, 1.82) is 5.26 Å². The van der Waals surface area contributed by atoms with Crippen molar-refractivity contribution in [3.63, 3.8) is 0 Å². The SMILES string of the molecule is COCCOCCNc1c(C#N)c(C)nn1C. The van der Waals surface area contributed by atoms with Crippen LogP contribution < -0.4 is 5.32 Å². The van der Waals surface area contributed by atoms with Crippen LogP contribution in [0.25, 0.3) is 0 Å². The number of anilines is 1. The molecule has 0 saturated carbocycles. The molecule has 17 heavy (non-hydrogen) atoms. The lowest BCUT2D eigenvalue weighted by atomic mass is 10.2. The quantitative estimate of drug-likeness (QED) is 0.707. The van der Waals surface area contributed by atoms with Gasteiger partial charge in [0.25, 0.3) is 0 Å². The summed E-state index contributed by atoms with van der Waals surface area (Å²) in [6, 6.07) is 2.14. The maximum Gasteiger partial charge on any atom is 0.142 e. The Morgan fingerprint density at radius 3 is 2.82 bits per heavy atom. The average molecular weight is 238 g/mol. The molecular weight excluding hydrogens is 220 g/mol. The summed E-state index contributed by atoms with van der Waals surface area (Å²) in [5.41, 5.74) is 1.32. The van der Waals surface area contributed by atoms with Crippen molar-refractivity contribution in [3.8, 4) is 6.07 Å². The standard InChI is InChI=1S/C11H18N4O2/c1-9-10(8-12)11(15(2)14-9)13-4-5-17-7-6-16-3/h13H,4-7H2,1-3H3. The van der Waals surface area contributed by atoms with E-state index in [0.29, 0.717) is 31.9 Å². The van der Waals surface area contributed by atoms with E-state index in [0.717, 1.165) is 11.5 Å². The number of nitrogens with zero attached hydrogens (tertiary/aromatic N) is 3. The minimum absolute atomic E-state index is 0.568. The van der Waals surface area contributed by atoms with Gasteiger partial charge in [-0.25, -0.2) is 0 Å². The number of hydrogen-bond acceptors (Lipinski definition) is 5. The zero-order valence-corrected chi connectivity index (χ0v) is 10.5. The Labute approximate surface area is 101 Å². The molecule has 0 unspecified atom stereocenters. The smallest absolute Gasteiger partial charge is 0.142 e. The molecular formula is C11H18N4O2. The highest BCUT2D eigenvalue weighted by atomic mass is 16.5. The predicted octanol–water partition coefficient (Wildman–Crippen LogP) is 0.675. The topological polar surface area (TPSA) is 72.1 Å². The number of nitriles is 1. The summed E-state index contributed by atoms with van der Waals surface area (Å²) >= 11 is 0. The molecule has 6 heteroatoms. The third-order valence-electron chi connectivity index (χ3n) is 2.30. The Morgan fingerprint density at radius 2 is 2.18 bits per heavy atom. The molecule has 0 saturated heterocycles. The number of rotatable bonds is 7. The van der Waals surface area contributed by atoms with Crippen LogP contribution in [0.5, 0.6) is 0 Å². The fourth-order valence-corrected chi connectivity index (χ4v) is 1.48. The molecule has 1 aromatic rings. The molecule has 1 N–H and O–H groups in total. The monoisotopic (exact) mass is 238 g/mol. The van der Waals surface area contributed by atoms with Gasteiger partial charge in [0.2, 0.25) is 0 Å². The number of ether oxygens (including phenoxy) is 2. The average Bonchev–Trinajstić information content (AvgIpc) is 2.58. The summed E-state index contributed by atoms with van der Waals surface area (Å²) in [7, 11) is 3.45. The first-order valence-corrected chi connectivity index (χ1v) is 5.45. The first kappa shape index (κ1) is 13.5. The Bertz CT molecular complexity index is 395. The van der Waals surface area contributed by atoms with Crippen LogP contribution in [0.3, 0.4) is 0 Å². The van der Waals surface area contributed by atoms with Crippen molar-refractivity contribution in [3.05, 3.63) is 11.3 Å². The first-order valence-electron chi connectivity index (χ1n) is 5.45. The highest BCUT2D eigenvalue weighted by Crippen LogP contribution is 2.16. The lowest BCUT2D eigenvalue weighted by Gasteiger charge is -2.07. The van der Waals surface area contributed by atoms with Crippen LogP contribution in [-0.2, 0) is 16.5 Å². The van der Waals surface area contributed by atoms with Crippen LogP contribution in [0, 0.1) is 18.3 Å². The minimum Gasteiger partial charge on any atom is -0.382 e. The lowest BCUT2D eigenvalue weighted by Crippen LogP contribution is -2.14. The summed E-state index contributed by atoms with van der Waals surface area (Å²) in [5, 5.41) is 16.3. The third kappa shape index (κ3) is 3.73. The molecule has 0 radical (unpaired) electrons. The second-order valence-electron chi connectivity index (χ2n) is 3.58. The van der Waals surface area contributed by atoms with E-state index in [1.54, 1.807) is 11.8 Å². The Morgan fingerprint density at radius 1 is 1.41 bits per heavy atom. The van der Waals surface area contributed by atoms with Crippen LogP contribution in [0.1, 0.15) is 11.3 Å². The first-order chi connectivity index (χ1) is 8.20. The van der Waals surface area contributed by atoms with E-state index in [1.165, 1.54) is 0 Å². The van der Waals surface area contributed by atoms with E-state index in [4.69, 9.17) is 14.7 Å². The van der Waals surface area contributed by atoms with Gasteiger partial charge in [0, 0.05) is 20.7 Å². The molecule has 94 valence electrons. The van der Waals surface area contributed by atoms with Crippen molar-refractivity contribution < 1.29 is 9.47 Å². The van der Waals surface area contributed by atoms with Gasteiger partial charge in [0.05, 0.1) is 25.5 Å². The Kier molecular flexibility index (Phi) is 5.46. The molecule has 0 atom stereocenters. The van der Waals surface area contributed by atoms with E-state index in [2.05, 4.69) is 16.5 Å². The largest absolute Gasteiger partial charge is 0.382 e. The third-order valence-corrected chi connectivity index (χ3v) is 2.30. The molecule has 0 spiro atoms. The van der Waals surface area contributed by atoms with E-state index >= 15 is 0 Å². The lowest BCUT2D eigenvalue weighted by molar-refractivity contribution is 0.0759. The summed E-state index contributed by atoms with van der Waals surface area (Å²) in [4.78, 5) is 0. The van der Waals surface area contributed by atoms with Gasteiger partial charge in [-0.1, -0.05) is 0 Å². The number of hydrogen-bond donors (Lipinski definition) is 1. The van der Waals surface area contributed by atoms with Crippen LogP contribution in [-0.4, -0.2) is 43.3 Å². The highest BCUT2D eigenvalue weighted by molar-refractivity contribution is 5.54. The van der Waals surface area contributed by atoms with E-state index in [9.17, 15) is 0 Å². The Hall–Kier alpha value is -1.58. The van der Waals surface area contributed by atoms with Crippen LogP contribution in [0.2, 0.25) is 0 Å². The van der Waals surface area contributed by atoms with Crippen molar-refractivity contribution >= 4 is 5.82 Å². The van der Waals surface area contributed by atoms with Crippen molar-refractivity contribution in [2.24, 2.45) is 7.05 Å². The van der Waals surface area contributed by atoms with Gasteiger partial charge in [-0.15, -0.1) is 0 Å². The summed E-state index contributed by atoms with van der Waals surface area (Å²) in [5.74, 6) is 0.736. The fourth-order valence-electron chi connectivity index (χ4n) is 1.48. The normalized spacial score (nSPS) is 10.2. The molecule has 0 aliphatic rings. The molecule has 0 aromatic carbocycles. The van der Waals surface area contributed by atoms with Gasteiger partial charge >= 0.3 is 0 Å². The van der Waals surface area contributed by atoms with Gasteiger partial charge in [-0.05, 0) is 6.92 Å². The number of aryl methyl sites for hydroxylation is 2. The van der Waals surface area contributed by atoms with Gasteiger partial charge < -0.3 is 14.8 Å². The number of nitrogens with one attached hydrogen (secondary N) is 1. The molecule has 0 aliphatic carbocycles. The molecule has 6 nitrogen and oxygen atoms in total. The Balaban J connectivity index is 2.39. The number of aromatic nitrogens is 2. The summed E-state index contributed by atoms with van der Waals surface area (Å²) in [6.07, 6.45) is 0. The molecule has 0 fully saturated rings. The molecule has 0 bridgehead atoms. The molecule has 0 amide bonds. The second-order valence-corrected chi connectivity index (χ2v) is 3.58. The zero-order chi connectivity index (χ0) is 12.7. The van der Waals surface area contributed by atoms with Gasteiger partial charge in [-0.2, -0.15) is 10.4 Å². The molecule has 0 aliphatic heterocycles. The second kappa shape index (κ2) is 6.89. The van der Waals surface area contributed by atoms with Crippen molar-refractivity contribution in [2.75, 3.05) is 38.8 Å². The highest BCUT2D eigenvalue weighted by Gasteiger charge is 2.11. The van der Waals surface area contributed by atoms with Gasteiger partial charge in [0.1, 0.15) is 17.5 Å². The zero-order valence-electron chi connectivity index (χ0n) is 10.5. The number of methoxy groups -OCH3 is 1. The maximum absolute atomic E-state index is 8.99. The van der Waals surface area contributed by atoms with Gasteiger partial charge in [-0.3, -0.25) is 4.68 Å². The summed E-state index contributed by atoms with van der Waals surface area (Å²) < 4.78 is 11.8. The van der Waals surface area contributed by atoms with Crippen LogP contribution in [0.4, 0.5) is 5.82 Å². The van der Waals surface area contributed by atoms with E-state index in [-0.39, 0.29) is 0 Å². The van der Waals surface area contributed by atoms with E-state index in [1.807, 2.05) is 14.0 Å². The van der Waals surface area contributed by atoms with E-state index < -0.39 is 0 Å². The fraction of sp³-hybridized carbons (Fsp3) is 0.636. The maximum atomic E-state index is 8.99. The van der Waals surface area contributed by atoms with Crippen LogP contribution >= 0.6 is 0 Å². The summed E-state index contributed by atoms with van der Waals surface area (Å²) in [6.45, 7) is 4.19. The molecule has 1 rings (SSSR count). The molecule has 1 aromatic heterocycles. The van der Waals surface area contributed by atoms with Crippen molar-refractivity contribution in [1.82, 2.24) is 9.78 Å². The van der Waals surface area contributed by atoms with Crippen molar-refractivity contribution in [2.45, 2.75) is 6.92 Å². The van der Waals surface area contributed by atoms with Gasteiger partial charge in [0.15, 0.2) is 0 Å². The minimum atomic E-state index is 0.568. The van der Waals surface area contributed by atoms with Crippen LogP contribution in [0.15, 0.2) is 0 Å². The predicted molar refractivity (Wildman–Crippen MR) is 63.8 cm³/mol. The molecule has 1 heterocycles.